The highest BCUT2D eigenvalue weighted by Gasteiger charge is 2.31. The Morgan fingerprint density at radius 1 is 1.28 bits per heavy atom. The van der Waals surface area contributed by atoms with Gasteiger partial charge in [0, 0.05) is 18.0 Å². The number of rotatable bonds is 7. The summed E-state index contributed by atoms with van der Waals surface area (Å²) in [4.78, 5) is 31.3. The van der Waals surface area contributed by atoms with E-state index in [1.54, 1.807) is 12.3 Å². The second kappa shape index (κ2) is 9.87. The predicted molar refractivity (Wildman–Crippen MR) is 112 cm³/mol. The number of aryl methyl sites for hydroxylation is 1. The number of hydrogen-bond acceptors (Lipinski definition) is 6. The molecule has 156 valence electrons. The van der Waals surface area contributed by atoms with Gasteiger partial charge in [-0.05, 0) is 51.7 Å². The van der Waals surface area contributed by atoms with Crippen LogP contribution >= 0.6 is 11.3 Å². The average molecular weight is 417 g/mol. The maximum atomic E-state index is 12.7. The zero-order chi connectivity index (χ0) is 20.8. The molecule has 6 nitrogen and oxygen atoms in total. The molecule has 29 heavy (non-hydrogen) atoms. The molecular formula is C22H28N2O4S. The number of piperidine rings is 1. The lowest BCUT2D eigenvalue weighted by molar-refractivity contribution is -0.143. The van der Waals surface area contributed by atoms with Gasteiger partial charge in [-0.15, -0.1) is 11.3 Å². The molecule has 0 radical (unpaired) electrons. The van der Waals surface area contributed by atoms with Crippen molar-refractivity contribution in [1.29, 1.82) is 0 Å². The summed E-state index contributed by atoms with van der Waals surface area (Å²) >= 11 is 1.34. The van der Waals surface area contributed by atoms with Crippen molar-refractivity contribution in [1.82, 2.24) is 9.88 Å². The van der Waals surface area contributed by atoms with Crippen molar-refractivity contribution in [2.75, 3.05) is 6.54 Å². The van der Waals surface area contributed by atoms with E-state index in [1.165, 1.54) is 11.3 Å². The highest BCUT2D eigenvalue weighted by atomic mass is 32.1. The van der Waals surface area contributed by atoms with Gasteiger partial charge in [0.15, 0.2) is 11.8 Å². The normalized spacial score (nSPS) is 17.6. The van der Waals surface area contributed by atoms with E-state index in [0.29, 0.717) is 5.01 Å². The topological polar surface area (TPSA) is 68.7 Å². The zero-order valence-corrected chi connectivity index (χ0v) is 18.0. The van der Waals surface area contributed by atoms with E-state index in [9.17, 15) is 9.59 Å². The van der Waals surface area contributed by atoms with Gasteiger partial charge in [-0.2, -0.15) is 0 Å². The number of amides is 1. The maximum Gasteiger partial charge on any atom is 0.358 e. The highest BCUT2D eigenvalue weighted by molar-refractivity contribution is 7.09. The van der Waals surface area contributed by atoms with Crippen molar-refractivity contribution >= 4 is 23.2 Å². The summed E-state index contributed by atoms with van der Waals surface area (Å²) in [5.41, 5.74) is 1.37. The van der Waals surface area contributed by atoms with Crippen molar-refractivity contribution in [3.63, 3.8) is 0 Å². The molecule has 1 aliphatic rings. The van der Waals surface area contributed by atoms with Crippen LogP contribution in [-0.4, -0.2) is 40.5 Å². The zero-order valence-electron chi connectivity index (χ0n) is 17.2. The number of aromatic nitrogens is 1. The number of likely N-dealkylation sites (tertiary alicyclic amines) is 1. The minimum Gasteiger partial charge on any atom is -0.486 e. The lowest BCUT2D eigenvalue weighted by Gasteiger charge is -2.36. The summed E-state index contributed by atoms with van der Waals surface area (Å²) < 4.78 is 11.1. The number of carbonyl (C=O) groups excluding carboxylic acids is 2. The second-order valence-corrected chi connectivity index (χ2v) is 8.31. The van der Waals surface area contributed by atoms with Crippen LogP contribution in [0, 0.1) is 6.92 Å². The molecule has 1 aromatic heterocycles. The van der Waals surface area contributed by atoms with Crippen LogP contribution in [0.3, 0.4) is 0 Å². The van der Waals surface area contributed by atoms with Crippen molar-refractivity contribution in [2.24, 2.45) is 0 Å². The van der Waals surface area contributed by atoms with Gasteiger partial charge in [0.1, 0.15) is 17.4 Å². The first kappa shape index (κ1) is 21.3. The summed E-state index contributed by atoms with van der Waals surface area (Å²) in [7, 11) is 0. The van der Waals surface area contributed by atoms with E-state index in [4.69, 9.17) is 9.47 Å². The second-order valence-electron chi connectivity index (χ2n) is 7.37. The van der Waals surface area contributed by atoms with Crippen molar-refractivity contribution < 1.29 is 19.1 Å². The number of nitrogens with zero attached hydrogens (tertiary/aromatic N) is 2. The Hall–Kier alpha value is -2.41. The largest absolute Gasteiger partial charge is 0.486 e. The van der Waals surface area contributed by atoms with Crippen LogP contribution in [0.1, 0.15) is 60.6 Å². The molecule has 1 saturated heterocycles. The van der Waals surface area contributed by atoms with Crippen LogP contribution in [-0.2, 0) is 16.1 Å². The molecule has 0 aliphatic carbocycles. The van der Waals surface area contributed by atoms with Gasteiger partial charge < -0.3 is 14.4 Å². The molecule has 1 fully saturated rings. The fraction of sp³-hybridized carbons (Fsp3) is 0.500. The van der Waals surface area contributed by atoms with Gasteiger partial charge in [0.25, 0.3) is 5.91 Å². The van der Waals surface area contributed by atoms with E-state index in [0.717, 1.165) is 43.5 Å². The maximum absolute atomic E-state index is 12.7. The van der Waals surface area contributed by atoms with E-state index >= 15 is 0 Å². The average Bonchev–Trinajstić information content (AvgIpc) is 3.22. The van der Waals surface area contributed by atoms with Crippen LogP contribution in [0.5, 0.6) is 5.75 Å². The molecular weight excluding hydrogens is 388 g/mol. The Bertz CT molecular complexity index is 834. The minimum absolute atomic E-state index is 0.122. The van der Waals surface area contributed by atoms with Gasteiger partial charge in [-0.3, -0.25) is 4.79 Å². The quantitative estimate of drug-likeness (QED) is 0.627. The first-order chi connectivity index (χ1) is 14.0. The number of benzene rings is 1. The van der Waals surface area contributed by atoms with Crippen molar-refractivity contribution in [3.8, 4) is 5.75 Å². The lowest BCUT2D eigenvalue weighted by atomic mass is 9.99. The standard InChI is InChI=1S/C22H28N2O4S/c1-4-17-7-5-6-12-24(17)21(25)16(3)28-22(26)19-14-29-20(23-19)13-27-18-10-8-15(2)9-11-18/h8-11,14,16-17H,4-7,12-13H2,1-3H3. The molecule has 3 rings (SSSR count). The van der Waals surface area contributed by atoms with Crippen molar-refractivity contribution in [3.05, 3.63) is 45.9 Å². The third kappa shape index (κ3) is 5.56. The Morgan fingerprint density at radius 3 is 2.76 bits per heavy atom. The first-order valence-corrected chi connectivity index (χ1v) is 11.0. The van der Waals surface area contributed by atoms with Gasteiger partial charge in [0.05, 0.1) is 0 Å². The molecule has 2 heterocycles. The van der Waals surface area contributed by atoms with Gasteiger partial charge in [0.2, 0.25) is 0 Å². The summed E-state index contributed by atoms with van der Waals surface area (Å²) in [6.45, 7) is 6.75. The molecule has 7 heteroatoms. The van der Waals surface area contributed by atoms with Gasteiger partial charge >= 0.3 is 5.97 Å². The fourth-order valence-electron chi connectivity index (χ4n) is 3.47. The lowest BCUT2D eigenvalue weighted by Crippen LogP contribution is -2.48. The summed E-state index contributed by atoms with van der Waals surface area (Å²) in [6, 6.07) is 7.99. The van der Waals surface area contributed by atoms with Crippen LogP contribution in [0.15, 0.2) is 29.6 Å². The van der Waals surface area contributed by atoms with E-state index < -0.39 is 12.1 Å². The summed E-state index contributed by atoms with van der Waals surface area (Å²) in [5.74, 6) is 0.0537. The smallest absolute Gasteiger partial charge is 0.358 e. The van der Waals surface area contributed by atoms with Crippen LogP contribution < -0.4 is 4.74 Å². The van der Waals surface area contributed by atoms with Crippen LogP contribution in [0.4, 0.5) is 0 Å². The SMILES string of the molecule is CCC1CCCCN1C(=O)C(C)OC(=O)c1csc(COc2ccc(C)cc2)n1. The molecule has 0 bridgehead atoms. The van der Waals surface area contributed by atoms with E-state index in [-0.39, 0.29) is 24.2 Å². The molecule has 1 aliphatic heterocycles. The number of carbonyl (C=O) groups is 2. The third-order valence-corrected chi connectivity index (χ3v) is 5.98. The molecule has 2 aromatic rings. The number of thiazole rings is 1. The molecule has 2 unspecified atom stereocenters. The Balaban J connectivity index is 1.53. The Morgan fingerprint density at radius 2 is 2.03 bits per heavy atom. The van der Waals surface area contributed by atoms with Crippen molar-refractivity contribution in [2.45, 2.75) is 65.2 Å². The monoisotopic (exact) mass is 416 g/mol. The summed E-state index contributed by atoms with van der Waals surface area (Å²) in [6.07, 6.45) is 3.26. The minimum atomic E-state index is -0.816. The molecule has 0 saturated carbocycles. The molecule has 1 aromatic carbocycles. The van der Waals surface area contributed by atoms with E-state index in [2.05, 4.69) is 11.9 Å². The molecule has 0 spiro atoms. The predicted octanol–water partition coefficient (Wildman–Crippen LogP) is 4.37. The number of esters is 1. The van der Waals surface area contributed by atoms with Gasteiger partial charge in [-0.25, -0.2) is 9.78 Å². The third-order valence-electron chi connectivity index (χ3n) is 5.16. The Labute approximate surface area is 175 Å². The van der Waals surface area contributed by atoms with Crippen LogP contribution in [0.2, 0.25) is 0 Å². The Kier molecular flexibility index (Phi) is 7.25. The van der Waals surface area contributed by atoms with Gasteiger partial charge in [-0.1, -0.05) is 24.6 Å². The molecule has 2 atom stereocenters. The molecule has 0 N–H and O–H groups in total. The highest BCUT2D eigenvalue weighted by Crippen LogP contribution is 2.21. The fourth-order valence-corrected chi connectivity index (χ4v) is 4.15. The van der Waals surface area contributed by atoms with Crippen LogP contribution in [0.25, 0.3) is 0 Å². The van der Waals surface area contributed by atoms with E-state index in [1.807, 2.05) is 36.1 Å². The summed E-state index contributed by atoms with van der Waals surface area (Å²) in [5, 5.41) is 2.32. The first-order valence-electron chi connectivity index (χ1n) is 10.1. The molecule has 1 amide bonds. The number of ether oxygens (including phenoxy) is 2. The number of hydrogen-bond donors (Lipinski definition) is 0.